The van der Waals surface area contributed by atoms with E-state index in [0.29, 0.717) is 30.4 Å². The number of carbonyl (C=O) groups is 1. The van der Waals surface area contributed by atoms with E-state index < -0.39 is 10.0 Å². The highest BCUT2D eigenvalue weighted by Gasteiger charge is 2.26. The molecule has 0 fully saturated rings. The molecule has 1 amide bonds. The quantitative estimate of drug-likeness (QED) is 0.851. The molecule has 0 bridgehead atoms. The average Bonchev–Trinajstić information content (AvgIpc) is 2.95. The standard InChI is InChI=1S/C16H19N3O4S2/c1-23-12-5-3-4-11(8-12)9-15(20)18-16-17-13-6-7-19(25(2,21)22)10-14(13)24-16/h3-5,8H,6-7,9-10H2,1-2H3,(H,17,18,20). The fraction of sp³-hybridized carbons (Fsp3) is 0.375. The van der Waals surface area contributed by atoms with Crippen LogP contribution in [0.2, 0.25) is 0 Å². The molecule has 25 heavy (non-hydrogen) atoms. The fourth-order valence-corrected chi connectivity index (χ4v) is 4.55. The van der Waals surface area contributed by atoms with Gasteiger partial charge in [0.15, 0.2) is 5.13 Å². The van der Waals surface area contributed by atoms with Crippen LogP contribution in [0.1, 0.15) is 16.1 Å². The highest BCUT2D eigenvalue weighted by Crippen LogP contribution is 2.29. The SMILES string of the molecule is COc1cccc(CC(=O)Nc2nc3c(s2)CN(S(C)(=O)=O)CC3)c1. The summed E-state index contributed by atoms with van der Waals surface area (Å²) in [5.74, 6) is 0.537. The summed E-state index contributed by atoms with van der Waals surface area (Å²) in [4.78, 5) is 17.5. The Kier molecular flexibility index (Phi) is 5.07. The maximum Gasteiger partial charge on any atom is 0.230 e. The monoisotopic (exact) mass is 381 g/mol. The van der Waals surface area contributed by atoms with Gasteiger partial charge in [0.25, 0.3) is 0 Å². The fourth-order valence-electron chi connectivity index (χ4n) is 2.64. The van der Waals surface area contributed by atoms with Gasteiger partial charge in [0.05, 0.1) is 25.5 Å². The molecule has 3 rings (SSSR count). The Morgan fingerprint density at radius 3 is 2.96 bits per heavy atom. The van der Waals surface area contributed by atoms with Crippen LogP contribution in [0.3, 0.4) is 0 Å². The Hall–Kier alpha value is -1.97. The van der Waals surface area contributed by atoms with Gasteiger partial charge in [-0.3, -0.25) is 4.79 Å². The Bertz CT molecular complexity index is 893. The summed E-state index contributed by atoms with van der Waals surface area (Å²) in [5.41, 5.74) is 1.71. The number of hydrogen-bond donors (Lipinski definition) is 1. The van der Waals surface area contributed by atoms with Gasteiger partial charge in [0.2, 0.25) is 15.9 Å². The van der Waals surface area contributed by atoms with Crippen LogP contribution in [0.5, 0.6) is 5.75 Å². The molecule has 1 aromatic heterocycles. The third-order valence-electron chi connectivity index (χ3n) is 3.91. The van der Waals surface area contributed by atoms with E-state index in [2.05, 4.69) is 10.3 Å². The van der Waals surface area contributed by atoms with Crippen LogP contribution < -0.4 is 10.1 Å². The summed E-state index contributed by atoms with van der Waals surface area (Å²) in [6, 6.07) is 7.34. The van der Waals surface area contributed by atoms with Gasteiger partial charge < -0.3 is 10.1 Å². The molecule has 0 unspecified atom stereocenters. The van der Waals surface area contributed by atoms with Crippen LogP contribution in [0.4, 0.5) is 5.13 Å². The molecular formula is C16H19N3O4S2. The maximum atomic E-state index is 12.2. The molecule has 1 aliphatic rings. The van der Waals surface area contributed by atoms with Gasteiger partial charge in [-0.15, -0.1) is 11.3 Å². The number of ether oxygens (including phenoxy) is 1. The number of nitrogens with zero attached hydrogens (tertiary/aromatic N) is 2. The summed E-state index contributed by atoms with van der Waals surface area (Å²) in [6.07, 6.45) is 1.98. The number of anilines is 1. The van der Waals surface area contributed by atoms with Gasteiger partial charge in [-0.2, -0.15) is 4.31 Å². The van der Waals surface area contributed by atoms with Crippen LogP contribution >= 0.6 is 11.3 Å². The lowest BCUT2D eigenvalue weighted by atomic mass is 10.1. The Balaban J connectivity index is 1.66. The maximum absolute atomic E-state index is 12.2. The molecule has 2 aromatic rings. The van der Waals surface area contributed by atoms with Crippen molar-refractivity contribution in [2.45, 2.75) is 19.4 Å². The van der Waals surface area contributed by atoms with E-state index in [4.69, 9.17) is 4.74 Å². The average molecular weight is 381 g/mol. The Labute approximate surface area is 150 Å². The molecule has 0 saturated heterocycles. The van der Waals surface area contributed by atoms with Crippen LogP contribution in [0.25, 0.3) is 0 Å². The molecular weight excluding hydrogens is 362 g/mol. The molecule has 0 aliphatic carbocycles. The second-order valence-corrected chi connectivity index (χ2v) is 8.88. The number of hydrogen-bond acceptors (Lipinski definition) is 6. The molecule has 1 aliphatic heterocycles. The number of nitrogens with one attached hydrogen (secondary N) is 1. The lowest BCUT2D eigenvalue weighted by Gasteiger charge is -2.23. The van der Waals surface area contributed by atoms with Crippen molar-refractivity contribution in [2.24, 2.45) is 0 Å². The third kappa shape index (κ3) is 4.36. The molecule has 0 atom stereocenters. The molecule has 0 spiro atoms. The van der Waals surface area contributed by atoms with E-state index in [1.54, 1.807) is 7.11 Å². The first-order chi connectivity index (χ1) is 11.8. The first kappa shape index (κ1) is 17.8. The van der Waals surface area contributed by atoms with E-state index >= 15 is 0 Å². The van der Waals surface area contributed by atoms with Crippen molar-refractivity contribution in [3.05, 3.63) is 40.4 Å². The molecule has 1 N–H and O–H groups in total. The van der Waals surface area contributed by atoms with Crippen molar-refractivity contribution in [1.29, 1.82) is 0 Å². The van der Waals surface area contributed by atoms with Crippen molar-refractivity contribution in [3.8, 4) is 5.75 Å². The Morgan fingerprint density at radius 1 is 1.44 bits per heavy atom. The third-order valence-corrected chi connectivity index (χ3v) is 6.16. The lowest BCUT2D eigenvalue weighted by molar-refractivity contribution is -0.115. The van der Waals surface area contributed by atoms with E-state index in [0.717, 1.165) is 16.1 Å². The topological polar surface area (TPSA) is 88.6 Å². The number of sulfonamides is 1. The summed E-state index contributed by atoms with van der Waals surface area (Å²) < 4.78 is 29.9. The van der Waals surface area contributed by atoms with Crippen LogP contribution in [0, 0.1) is 0 Å². The van der Waals surface area contributed by atoms with Crippen molar-refractivity contribution in [1.82, 2.24) is 9.29 Å². The minimum Gasteiger partial charge on any atom is -0.497 e. The van der Waals surface area contributed by atoms with Gasteiger partial charge >= 0.3 is 0 Å². The minimum absolute atomic E-state index is 0.167. The number of thiazole rings is 1. The van der Waals surface area contributed by atoms with E-state index in [-0.39, 0.29) is 12.3 Å². The first-order valence-electron chi connectivity index (χ1n) is 7.71. The molecule has 0 radical (unpaired) electrons. The van der Waals surface area contributed by atoms with Gasteiger partial charge in [-0.1, -0.05) is 12.1 Å². The molecule has 2 heterocycles. The predicted molar refractivity (Wildman–Crippen MR) is 96.4 cm³/mol. The number of methoxy groups -OCH3 is 1. The minimum atomic E-state index is -3.22. The zero-order valence-electron chi connectivity index (χ0n) is 14.0. The van der Waals surface area contributed by atoms with Gasteiger partial charge in [0, 0.05) is 24.4 Å². The smallest absolute Gasteiger partial charge is 0.230 e. The van der Waals surface area contributed by atoms with E-state index in [1.807, 2.05) is 24.3 Å². The zero-order valence-corrected chi connectivity index (χ0v) is 15.6. The zero-order chi connectivity index (χ0) is 18.0. The van der Waals surface area contributed by atoms with Gasteiger partial charge in [-0.25, -0.2) is 13.4 Å². The predicted octanol–water partition coefficient (Wildman–Crippen LogP) is 1.65. The number of benzene rings is 1. The number of fused-ring (bicyclic) bond motifs is 1. The molecule has 134 valence electrons. The van der Waals surface area contributed by atoms with Gasteiger partial charge in [-0.05, 0) is 17.7 Å². The molecule has 1 aromatic carbocycles. The summed E-state index contributed by atoms with van der Waals surface area (Å²) >= 11 is 1.33. The molecule has 0 saturated carbocycles. The van der Waals surface area contributed by atoms with Gasteiger partial charge in [0.1, 0.15) is 5.75 Å². The largest absolute Gasteiger partial charge is 0.497 e. The van der Waals surface area contributed by atoms with Crippen molar-refractivity contribution in [2.75, 3.05) is 25.2 Å². The van der Waals surface area contributed by atoms with Crippen molar-refractivity contribution < 1.29 is 17.9 Å². The van der Waals surface area contributed by atoms with Crippen molar-refractivity contribution >= 4 is 32.4 Å². The highest BCUT2D eigenvalue weighted by molar-refractivity contribution is 7.88. The van der Waals surface area contributed by atoms with Crippen LogP contribution in [-0.4, -0.2) is 43.5 Å². The second kappa shape index (κ2) is 7.11. The summed E-state index contributed by atoms with van der Waals surface area (Å²) in [7, 11) is -1.63. The highest BCUT2D eigenvalue weighted by atomic mass is 32.2. The van der Waals surface area contributed by atoms with E-state index in [1.165, 1.54) is 21.9 Å². The molecule has 9 heteroatoms. The van der Waals surface area contributed by atoms with Crippen molar-refractivity contribution in [3.63, 3.8) is 0 Å². The summed E-state index contributed by atoms with van der Waals surface area (Å²) in [6.45, 7) is 0.740. The van der Waals surface area contributed by atoms with Crippen LogP contribution in [-0.2, 0) is 34.2 Å². The number of amides is 1. The lowest BCUT2D eigenvalue weighted by Crippen LogP contribution is -2.34. The van der Waals surface area contributed by atoms with E-state index in [9.17, 15) is 13.2 Å². The normalized spacial score (nSPS) is 14.8. The molecule has 7 nitrogen and oxygen atoms in total. The number of aromatic nitrogens is 1. The summed E-state index contributed by atoms with van der Waals surface area (Å²) in [5, 5.41) is 3.31. The first-order valence-corrected chi connectivity index (χ1v) is 10.4. The van der Waals surface area contributed by atoms with Crippen LogP contribution in [0.15, 0.2) is 24.3 Å². The second-order valence-electron chi connectivity index (χ2n) is 5.81. The Morgan fingerprint density at radius 2 is 2.24 bits per heavy atom. The number of carbonyl (C=O) groups excluding carboxylic acids is 1. The number of rotatable bonds is 5.